The number of aliphatic hydroxyl groups excluding tert-OH is 1. The molecule has 2 amide bonds. The minimum Gasteiger partial charge on any atom is -0.487 e. The second kappa shape index (κ2) is 12.0. The van der Waals surface area contributed by atoms with Gasteiger partial charge in [-0.05, 0) is 68.2 Å². The van der Waals surface area contributed by atoms with Gasteiger partial charge < -0.3 is 30.1 Å². The Morgan fingerprint density at radius 1 is 1.08 bits per heavy atom. The van der Waals surface area contributed by atoms with Crippen LogP contribution in [0.3, 0.4) is 0 Å². The summed E-state index contributed by atoms with van der Waals surface area (Å²) < 4.78 is 12.2. The SMILES string of the molecule is O=C(C[C@H]1C[C@H]2c3cc(NC(=O)Cc4ccncc4)ccc3O[C@H]2[C@@H](CO)O1)NCCN1CCCCC1. The van der Waals surface area contributed by atoms with Crippen LogP contribution in [0, 0.1) is 0 Å². The molecule has 0 spiro atoms. The summed E-state index contributed by atoms with van der Waals surface area (Å²) >= 11 is 0. The molecule has 37 heavy (non-hydrogen) atoms. The van der Waals surface area contributed by atoms with Gasteiger partial charge in [-0.3, -0.25) is 14.6 Å². The number of nitrogens with one attached hydrogen (secondary N) is 2. The largest absolute Gasteiger partial charge is 0.487 e. The number of amides is 2. The second-order valence-electron chi connectivity index (χ2n) is 10.2. The third kappa shape index (κ3) is 6.47. The van der Waals surface area contributed by atoms with Crippen LogP contribution in [-0.2, 0) is 20.7 Å². The van der Waals surface area contributed by atoms with Crippen LogP contribution in [0.4, 0.5) is 5.69 Å². The number of aliphatic hydroxyl groups is 1. The zero-order valence-electron chi connectivity index (χ0n) is 21.1. The zero-order chi connectivity index (χ0) is 25.6. The molecule has 9 nitrogen and oxygen atoms in total. The number of pyridine rings is 1. The third-order valence-electron chi connectivity index (χ3n) is 7.51. The molecule has 2 saturated heterocycles. The fraction of sp³-hybridized carbons (Fsp3) is 0.536. The molecule has 4 heterocycles. The lowest BCUT2D eigenvalue weighted by Gasteiger charge is -2.37. The summed E-state index contributed by atoms with van der Waals surface area (Å²) in [6, 6.07) is 9.26. The van der Waals surface area contributed by atoms with E-state index < -0.39 is 6.10 Å². The molecule has 3 N–H and O–H groups in total. The van der Waals surface area contributed by atoms with Crippen LogP contribution in [0.25, 0.3) is 0 Å². The molecule has 2 fully saturated rings. The maximum Gasteiger partial charge on any atom is 0.228 e. The number of carbonyl (C=O) groups is 2. The van der Waals surface area contributed by atoms with E-state index in [-0.39, 0.29) is 49.4 Å². The number of aromatic nitrogens is 1. The Morgan fingerprint density at radius 2 is 1.89 bits per heavy atom. The Labute approximate surface area is 217 Å². The number of ether oxygens (including phenoxy) is 2. The third-order valence-corrected chi connectivity index (χ3v) is 7.51. The van der Waals surface area contributed by atoms with Gasteiger partial charge in [-0.25, -0.2) is 0 Å². The summed E-state index contributed by atoms with van der Waals surface area (Å²) in [6.07, 6.45) is 7.08. The van der Waals surface area contributed by atoms with Gasteiger partial charge >= 0.3 is 0 Å². The quantitative estimate of drug-likeness (QED) is 0.476. The molecule has 0 saturated carbocycles. The molecule has 1 aromatic heterocycles. The molecule has 2 aromatic rings. The van der Waals surface area contributed by atoms with Crippen molar-refractivity contribution in [3.8, 4) is 5.75 Å². The predicted molar refractivity (Wildman–Crippen MR) is 138 cm³/mol. The Balaban J connectivity index is 1.18. The normalized spacial score (nSPS) is 25.0. The molecule has 3 aliphatic rings. The number of nitrogens with zero attached hydrogens (tertiary/aromatic N) is 2. The molecule has 1 aromatic carbocycles. The maximum atomic E-state index is 12.7. The van der Waals surface area contributed by atoms with Crippen LogP contribution >= 0.6 is 0 Å². The van der Waals surface area contributed by atoms with Crippen molar-refractivity contribution in [2.45, 2.75) is 62.8 Å². The summed E-state index contributed by atoms with van der Waals surface area (Å²) in [5.41, 5.74) is 2.56. The predicted octanol–water partition coefficient (Wildman–Crippen LogP) is 2.25. The number of hydrogen-bond acceptors (Lipinski definition) is 7. The van der Waals surface area contributed by atoms with E-state index in [1.807, 2.05) is 30.3 Å². The van der Waals surface area contributed by atoms with E-state index in [1.54, 1.807) is 12.4 Å². The lowest BCUT2D eigenvalue weighted by Crippen LogP contribution is -2.47. The maximum absolute atomic E-state index is 12.7. The highest BCUT2D eigenvalue weighted by Gasteiger charge is 2.46. The Bertz CT molecular complexity index is 1080. The first-order valence-electron chi connectivity index (χ1n) is 13.3. The molecular weight excluding hydrogens is 472 g/mol. The van der Waals surface area contributed by atoms with Gasteiger partial charge in [0.05, 0.1) is 25.6 Å². The molecule has 5 rings (SSSR count). The van der Waals surface area contributed by atoms with E-state index in [0.29, 0.717) is 18.7 Å². The van der Waals surface area contributed by atoms with Crippen LogP contribution in [0.5, 0.6) is 5.75 Å². The fourth-order valence-corrected chi connectivity index (χ4v) is 5.67. The second-order valence-corrected chi connectivity index (χ2v) is 10.2. The van der Waals surface area contributed by atoms with Gasteiger partial charge in [-0.15, -0.1) is 0 Å². The number of benzene rings is 1. The summed E-state index contributed by atoms with van der Waals surface area (Å²) in [5.74, 6) is 0.564. The van der Waals surface area contributed by atoms with Gasteiger partial charge in [0.2, 0.25) is 11.8 Å². The highest BCUT2D eigenvalue weighted by molar-refractivity contribution is 5.92. The van der Waals surface area contributed by atoms with Crippen molar-refractivity contribution in [1.82, 2.24) is 15.2 Å². The first-order valence-corrected chi connectivity index (χ1v) is 13.3. The lowest BCUT2D eigenvalue weighted by atomic mass is 9.84. The zero-order valence-corrected chi connectivity index (χ0v) is 21.1. The monoisotopic (exact) mass is 508 g/mol. The average molecular weight is 509 g/mol. The number of hydrogen-bond donors (Lipinski definition) is 3. The van der Waals surface area contributed by atoms with Crippen molar-refractivity contribution in [3.05, 3.63) is 53.9 Å². The van der Waals surface area contributed by atoms with Gasteiger partial charge in [0.25, 0.3) is 0 Å². The average Bonchev–Trinajstić information content (AvgIpc) is 3.27. The number of piperidine rings is 1. The van der Waals surface area contributed by atoms with Gasteiger partial charge in [0, 0.05) is 42.7 Å². The highest BCUT2D eigenvalue weighted by atomic mass is 16.6. The minimum absolute atomic E-state index is 0.0240. The molecule has 3 aliphatic heterocycles. The van der Waals surface area contributed by atoms with E-state index in [0.717, 1.165) is 36.5 Å². The van der Waals surface area contributed by atoms with Crippen molar-refractivity contribution in [3.63, 3.8) is 0 Å². The smallest absolute Gasteiger partial charge is 0.228 e. The Hall–Kier alpha value is -3.01. The Kier molecular flexibility index (Phi) is 8.33. The fourth-order valence-electron chi connectivity index (χ4n) is 5.67. The van der Waals surface area contributed by atoms with Crippen molar-refractivity contribution >= 4 is 17.5 Å². The first-order chi connectivity index (χ1) is 18.1. The molecule has 4 atom stereocenters. The molecule has 198 valence electrons. The van der Waals surface area contributed by atoms with Gasteiger partial charge in [-0.2, -0.15) is 0 Å². The van der Waals surface area contributed by atoms with E-state index in [9.17, 15) is 14.7 Å². The number of carbonyl (C=O) groups excluding carboxylic acids is 2. The van der Waals surface area contributed by atoms with E-state index >= 15 is 0 Å². The van der Waals surface area contributed by atoms with E-state index in [4.69, 9.17) is 9.47 Å². The first kappa shape index (κ1) is 25.6. The molecule has 0 aliphatic carbocycles. The van der Waals surface area contributed by atoms with Gasteiger partial charge in [0.1, 0.15) is 18.0 Å². The van der Waals surface area contributed by atoms with Crippen LogP contribution in [0.15, 0.2) is 42.7 Å². The topological polar surface area (TPSA) is 113 Å². The van der Waals surface area contributed by atoms with E-state index in [1.165, 1.54) is 19.3 Å². The highest BCUT2D eigenvalue weighted by Crippen LogP contribution is 2.47. The van der Waals surface area contributed by atoms with Crippen molar-refractivity contribution in [2.75, 3.05) is 38.1 Å². The number of fused-ring (bicyclic) bond motifs is 3. The molecular formula is C28H36N4O5. The van der Waals surface area contributed by atoms with Gasteiger partial charge in [-0.1, -0.05) is 6.42 Å². The lowest BCUT2D eigenvalue weighted by molar-refractivity contribution is -0.142. The van der Waals surface area contributed by atoms with Crippen LogP contribution in [-0.4, -0.2) is 77.9 Å². The molecule has 0 bridgehead atoms. The van der Waals surface area contributed by atoms with E-state index in [2.05, 4.69) is 20.5 Å². The van der Waals surface area contributed by atoms with Crippen LogP contribution in [0.1, 0.15) is 49.1 Å². The Morgan fingerprint density at radius 3 is 2.68 bits per heavy atom. The van der Waals surface area contributed by atoms with Crippen molar-refractivity contribution in [1.29, 1.82) is 0 Å². The van der Waals surface area contributed by atoms with Crippen molar-refractivity contribution in [2.24, 2.45) is 0 Å². The minimum atomic E-state index is -0.512. The summed E-state index contributed by atoms with van der Waals surface area (Å²) in [7, 11) is 0. The summed E-state index contributed by atoms with van der Waals surface area (Å²) in [4.78, 5) is 31.6. The summed E-state index contributed by atoms with van der Waals surface area (Å²) in [6.45, 7) is 3.54. The van der Waals surface area contributed by atoms with Crippen molar-refractivity contribution < 1.29 is 24.2 Å². The number of likely N-dealkylation sites (tertiary alicyclic amines) is 1. The number of anilines is 1. The molecule has 9 heteroatoms. The standard InChI is InChI=1S/C28H36N4O5/c33-18-25-28-23(16-21(36-25)17-26(34)30-10-13-32-11-2-1-3-12-32)22-15-20(4-5-24(22)37-28)31-27(35)14-19-6-8-29-9-7-19/h4-9,15,21,23,25,28,33H,1-3,10-14,16-18H2,(H,30,34)(H,31,35)/t21-,23+,25-,28-/m1/s1. The van der Waals surface area contributed by atoms with Crippen LogP contribution in [0.2, 0.25) is 0 Å². The van der Waals surface area contributed by atoms with Crippen LogP contribution < -0.4 is 15.4 Å². The number of rotatable bonds is 9. The summed E-state index contributed by atoms with van der Waals surface area (Å²) in [5, 5.41) is 16.0. The molecule has 0 radical (unpaired) electrons. The molecule has 0 unspecified atom stereocenters. The van der Waals surface area contributed by atoms with Gasteiger partial charge in [0.15, 0.2) is 0 Å².